The van der Waals surface area contributed by atoms with Crippen LogP contribution >= 0.6 is 0 Å². The quantitative estimate of drug-likeness (QED) is 0.750. The van der Waals surface area contributed by atoms with Crippen molar-refractivity contribution in [2.75, 3.05) is 12.4 Å². The largest absolute Gasteiger partial charge is 0.495 e. The van der Waals surface area contributed by atoms with Crippen molar-refractivity contribution in [3.63, 3.8) is 0 Å². The van der Waals surface area contributed by atoms with Gasteiger partial charge in [0.25, 0.3) is 0 Å². The Morgan fingerprint density at radius 1 is 1.20 bits per heavy atom. The summed E-state index contributed by atoms with van der Waals surface area (Å²) in [6.45, 7) is 2.19. The number of methoxy groups -OCH3 is 1. The second-order valence-electron chi connectivity index (χ2n) is 5.46. The van der Waals surface area contributed by atoms with E-state index < -0.39 is 0 Å². The maximum absolute atomic E-state index is 12.2. The molecule has 0 radical (unpaired) electrons. The van der Waals surface area contributed by atoms with Crippen LogP contribution in [0.15, 0.2) is 54.9 Å². The lowest BCUT2D eigenvalue weighted by molar-refractivity contribution is 0.251. The van der Waals surface area contributed by atoms with Crippen molar-refractivity contribution in [1.29, 1.82) is 0 Å². The minimum absolute atomic E-state index is 0.245. The smallest absolute Gasteiger partial charge is 0.319 e. The zero-order valence-electron chi connectivity index (χ0n) is 14.1. The van der Waals surface area contributed by atoms with Gasteiger partial charge in [0.05, 0.1) is 19.3 Å². The monoisotopic (exact) mass is 337 g/mol. The van der Waals surface area contributed by atoms with E-state index in [1.807, 2.05) is 60.0 Å². The number of carbonyl (C=O) groups is 1. The van der Waals surface area contributed by atoms with Crippen molar-refractivity contribution in [2.45, 2.75) is 13.5 Å². The fourth-order valence-electron chi connectivity index (χ4n) is 2.43. The van der Waals surface area contributed by atoms with Gasteiger partial charge >= 0.3 is 6.03 Å². The number of nitrogens with one attached hydrogen (secondary N) is 2. The summed E-state index contributed by atoms with van der Waals surface area (Å²) >= 11 is 0. The Kier molecular flexibility index (Phi) is 4.94. The van der Waals surface area contributed by atoms with Gasteiger partial charge in [-0.05, 0) is 36.8 Å². The molecule has 0 spiro atoms. The number of carbonyl (C=O) groups excluding carboxylic acids is 1. The number of aromatic nitrogens is 3. The summed E-state index contributed by atoms with van der Waals surface area (Å²) in [6.07, 6.45) is 1.62. The maximum Gasteiger partial charge on any atom is 0.319 e. The van der Waals surface area contributed by atoms with Gasteiger partial charge in [0, 0.05) is 5.69 Å². The van der Waals surface area contributed by atoms with Crippen LogP contribution in [0.2, 0.25) is 0 Å². The van der Waals surface area contributed by atoms with Crippen LogP contribution in [0.5, 0.6) is 5.75 Å². The zero-order chi connectivity index (χ0) is 17.6. The van der Waals surface area contributed by atoms with E-state index >= 15 is 0 Å². The van der Waals surface area contributed by atoms with E-state index in [-0.39, 0.29) is 12.6 Å². The average Bonchev–Trinajstić information content (AvgIpc) is 3.09. The van der Waals surface area contributed by atoms with Gasteiger partial charge in [-0.1, -0.05) is 24.3 Å². The van der Waals surface area contributed by atoms with Crippen molar-refractivity contribution >= 4 is 11.7 Å². The second-order valence-corrected chi connectivity index (χ2v) is 5.46. The van der Waals surface area contributed by atoms with Gasteiger partial charge in [-0.25, -0.2) is 4.79 Å². The summed E-state index contributed by atoms with van der Waals surface area (Å²) in [7, 11) is 1.57. The van der Waals surface area contributed by atoms with Crippen molar-refractivity contribution in [1.82, 2.24) is 20.1 Å². The number of aryl methyl sites for hydroxylation is 1. The van der Waals surface area contributed by atoms with Gasteiger partial charge in [0.15, 0.2) is 5.82 Å². The highest BCUT2D eigenvalue weighted by Crippen LogP contribution is 2.24. The lowest BCUT2D eigenvalue weighted by Crippen LogP contribution is -2.29. The molecule has 0 aliphatic heterocycles. The highest BCUT2D eigenvalue weighted by Gasteiger charge is 2.10. The molecule has 7 heteroatoms. The first-order valence-electron chi connectivity index (χ1n) is 7.81. The van der Waals surface area contributed by atoms with E-state index in [0.717, 1.165) is 11.3 Å². The van der Waals surface area contributed by atoms with Crippen LogP contribution in [0.25, 0.3) is 5.69 Å². The molecule has 0 aliphatic rings. The van der Waals surface area contributed by atoms with Crippen LogP contribution in [0.3, 0.4) is 0 Å². The molecule has 7 nitrogen and oxygen atoms in total. The van der Waals surface area contributed by atoms with E-state index in [2.05, 4.69) is 20.8 Å². The third-order valence-electron chi connectivity index (χ3n) is 3.66. The summed E-state index contributed by atoms with van der Waals surface area (Å²) in [5.74, 6) is 1.24. The van der Waals surface area contributed by atoms with Crippen LogP contribution in [-0.4, -0.2) is 27.9 Å². The highest BCUT2D eigenvalue weighted by molar-refractivity contribution is 5.91. The van der Waals surface area contributed by atoms with Crippen LogP contribution in [0.4, 0.5) is 10.5 Å². The molecule has 3 rings (SSSR count). The van der Waals surface area contributed by atoms with Crippen molar-refractivity contribution in [2.24, 2.45) is 0 Å². The molecule has 0 bridgehead atoms. The fourth-order valence-corrected chi connectivity index (χ4v) is 2.43. The topological polar surface area (TPSA) is 81.1 Å². The standard InChI is InChI=1S/C18H19N5O2/c1-13-8-9-16(25-2)15(10-13)21-18(24)19-11-17-22-20-12-23(17)14-6-4-3-5-7-14/h3-10,12H,11H2,1-2H3,(H2,19,21,24). The Bertz CT molecular complexity index is 861. The molecule has 25 heavy (non-hydrogen) atoms. The number of ether oxygens (including phenoxy) is 1. The fraction of sp³-hybridized carbons (Fsp3) is 0.167. The molecule has 0 saturated heterocycles. The number of anilines is 1. The molecule has 2 amide bonds. The molecule has 2 aromatic carbocycles. The first-order chi connectivity index (χ1) is 12.2. The molecule has 2 N–H and O–H groups in total. The first-order valence-corrected chi connectivity index (χ1v) is 7.81. The molecule has 0 atom stereocenters. The lowest BCUT2D eigenvalue weighted by atomic mass is 10.2. The summed E-state index contributed by atoms with van der Waals surface area (Å²) in [5.41, 5.74) is 2.58. The summed E-state index contributed by atoms with van der Waals surface area (Å²) in [5, 5.41) is 13.6. The molecular weight excluding hydrogens is 318 g/mol. The van der Waals surface area contributed by atoms with Crippen LogP contribution in [0.1, 0.15) is 11.4 Å². The number of nitrogens with zero attached hydrogens (tertiary/aromatic N) is 3. The Labute approximate surface area is 145 Å². The molecular formula is C18H19N5O2. The lowest BCUT2D eigenvalue weighted by Gasteiger charge is -2.12. The van der Waals surface area contributed by atoms with Crippen molar-refractivity contribution in [3.8, 4) is 11.4 Å². The first kappa shape index (κ1) is 16.5. The molecule has 1 aromatic heterocycles. The number of hydrogen-bond donors (Lipinski definition) is 2. The summed E-state index contributed by atoms with van der Waals surface area (Å²) in [4.78, 5) is 12.2. The van der Waals surface area contributed by atoms with E-state index in [4.69, 9.17) is 4.74 Å². The van der Waals surface area contributed by atoms with Gasteiger partial charge in [-0.2, -0.15) is 0 Å². The van der Waals surface area contributed by atoms with Gasteiger partial charge in [-0.15, -0.1) is 10.2 Å². The number of para-hydroxylation sites is 1. The SMILES string of the molecule is COc1ccc(C)cc1NC(=O)NCc1nncn1-c1ccccc1. The predicted molar refractivity (Wildman–Crippen MR) is 94.9 cm³/mol. The Morgan fingerprint density at radius 3 is 2.76 bits per heavy atom. The molecule has 0 saturated carbocycles. The molecule has 3 aromatic rings. The van der Waals surface area contributed by atoms with Crippen molar-refractivity contribution in [3.05, 3.63) is 66.2 Å². The average molecular weight is 337 g/mol. The Morgan fingerprint density at radius 2 is 2.00 bits per heavy atom. The number of benzene rings is 2. The van der Waals surface area contributed by atoms with E-state index in [1.54, 1.807) is 13.4 Å². The van der Waals surface area contributed by atoms with Gasteiger partial charge < -0.3 is 15.4 Å². The van der Waals surface area contributed by atoms with Gasteiger partial charge in [0.1, 0.15) is 12.1 Å². The third-order valence-corrected chi connectivity index (χ3v) is 3.66. The molecule has 128 valence electrons. The number of rotatable bonds is 5. The van der Waals surface area contributed by atoms with Crippen LogP contribution in [-0.2, 0) is 6.54 Å². The Balaban J connectivity index is 1.66. The van der Waals surface area contributed by atoms with Crippen LogP contribution < -0.4 is 15.4 Å². The Hall–Kier alpha value is -3.35. The van der Waals surface area contributed by atoms with Gasteiger partial charge in [-0.3, -0.25) is 4.57 Å². The minimum atomic E-state index is -0.341. The van der Waals surface area contributed by atoms with Gasteiger partial charge in [0.2, 0.25) is 0 Å². The summed E-state index contributed by atoms with van der Waals surface area (Å²) in [6, 6.07) is 15.0. The second kappa shape index (κ2) is 7.48. The highest BCUT2D eigenvalue weighted by atomic mass is 16.5. The number of hydrogen-bond acceptors (Lipinski definition) is 4. The summed E-state index contributed by atoms with van der Waals surface area (Å²) < 4.78 is 7.09. The molecule has 0 unspecified atom stereocenters. The number of urea groups is 1. The van der Waals surface area contributed by atoms with E-state index in [0.29, 0.717) is 17.3 Å². The normalized spacial score (nSPS) is 10.3. The molecule has 1 heterocycles. The molecule has 0 fully saturated rings. The van der Waals surface area contributed by atoms with Crippen LogP contribution in [0, 0.1) is 6.92 Å². The minimum Gasteiger partial charge on any atom is -0.495 e. The number of amides is 2. The van der Waals surface area contributed by atoms with Crippen molar-refractivity contribution < 1.29 is 9.53 Å². The van der Waals surface area contributed by atoms with E-state index in [9.17, 15) is 4.79 Å². The van der Waals surface area contributed by atoms with E-state index in [1.165, 1.54) is 0 Å². The maximum atomic E-state index is 12.2. The zero-order valence-corrected chi connectivity index (χ0v) is 14.1. The predicted octanol–water partition coefficient (Wildman–Crippen LogP) is 2.91. The third kappa shape index (κ3) is 3.95. The molecule has 0 aliphatic carbocycles.